The van der Waals surface area contributed by atoms with Crippen molar-refractivity contribution in [1.82, 2.24) is 10.2 Å². The van der Waals surface area contributed by atoms with Gasteiger partial charge in [0.1, 0.15) is 0 Å². The average Bonchev–Trinajstić information content (AvgIpc) is 2.49. The van der Waals surface area contributed by atoms with Crippen molar-refractivity contribution in [3.63, 3.8) is 0 Å². The number of nitrogens with zero attached hydrogens (tertiary/aromatic N) is 1. The van der Waals surface area contributed by atoms with E-state index in [-0.39, 0.29) is 0 Å². The zero-order valence-corrected chi connectivity index (χ0v) is 9.22. The molecule has 2 nitrogen and oxygen atoms in total. The third-order valence-corrected chi connectivity index (χ3v) is 2.52. The van der Waals surface area contributed by atoms with Crippen LogP contribution in [0.15, 0.2) is 0 Å². The number of likely N-dealkylation sites (N-methyl/N-ethyl adjacent to an activating group) is 2. The van der Waals surface area contributed by atoms with Crippen LogP contribution in [0.1, 0.15) is 27.2 Å². The first-order valence-electron chi connectivity index (χ1n) is 5.13. The maximum Gasteiger partial charge on any atom is 0.0232 e. The van der Waals surface area contributed by atoms with E-state index in [1.54, 1.807) is 0 Å². The van der Waals surface area contributed by atoms with Crippen LogP contribution in [0.5, 0.6) is 0 Å². The molecule has 1 rings (SSSR count). The summed E-state index contributed by atoms with van der Waals surface area (Å²) in [4.78, 5) is 2.40. The highest BCUT2D eigenvalue weighted by Gasteiger charge is 2.27. The highest BCUT2D eigenvalue weighted by Crippen LogP contribution is 2.17. The van der Waals surface area contributed by atoms with E-state index >= 15 is 0 Å². The zero-order chi connectivity index (χ0) is 9.56. The molecule has 0 bridgehead atoms. The molecule has 0 aromatic heterocycles. The molecule has 1 N–H and O–H groups in total. The summed E-state index contributed by atoms with van der Waals surface area (Å²) in [5.74, 6) is 0.870. The molecule has 0 aromatic carbocycles. The summed E-state index contributed by atoms with van der Waals surface area (Å²) in [5.41, 5.74) is 0. The van der Waals surface area contributed by atoms with Crippen LogP contribution in [0, 0.1) is 5.92 Å². The molecule has 0 aromatic rings. The minimum absolute atomic E-state index is 0.731. The van der Waals surface area contributed by atoms with Gasteiger partial charge in [-0.2, -0.15) is 0 Å². The van der Waals surface area contributed by atoms with E-state index in [0.717, 1.165) is 12.0 Å². The maximum absolute atomic E-state index is 3.35. The number of hydrogen-bond donors (Lipinski definition) is 1. The molecule has 2 atom stereocenters. The Kier molecular flexibility index (Phi) is 6.39. The summed E-state index contributed by atoms with van der Waals surface area (Å²) in [5, 5.41) is 3.35. The van der Waals surface area contributed by atoms with Crippen molar-refractivity contribution < 1.29 is 0 Å². The SMILES string of the molecule is CC.CCC1CN(C)CC1NC. The third-order valence-electron chi connectivity index (χ3n) is 2.52. The lowest BCUT2D eigenvalue weighted by Crippen LogP contribution is -2.32. The first-order valence-corrected chi connectivity index (χ1v) is 5.13. The smallest absolute Gasteiger partial charge is 0.0232 e. The molecule has 1 heterocycles. The lowest BCUT2D eigenvalue weighted by atomic mass is 10.0. The predicted molar refractivity (Wildman–Crippen MR) is 55.5 cm³/mol. The second-order valence-corrected chi connectivity index (χ2v) is 3.28. The minimum atomic E-state index is 0.731. The van der Waals surface area contributed by atoms with Gasteiger partial charge in [0.25, 0.3) is 0 Å². The normalized spacial score (nSPS) is 29.8. The van der Waals surface area contributed by atoms with E-state index in [1.165, 1.54) is 19.5 Å². The van der Waals surface area contributed by atoms with Crippen LogP contribution in [0.25, 0.3) is 0 Å². The van der Waals surface area contributed by atoms with Gasteiger partial charge in [0.15, 0.2) is 0 Å². The second-order valence-electron chi connectivity index (χ2n) is 3.28. The monoisotopic (exact) mass is 172 g/mol. The Hall–Kier alpha value is -0.0800. The molecule has 2 heteroatoms. The molecule has 12 heavy (non-hydrogen) atoms. The van der Waals surface area contributed by atoms with Crippen molar-refractivity contribution in [3.8, 4) is 0 Å². The molecule has 0 spiro atoms. The van der Waals surface area contributed by atoms with E-state index in [0.29, 0.717) is 0 Å². The Labute approximate surface area is 77.3 Å². The third kappa shape index (κ3) is 3.11. The molecule has 0 radical (unpaired) electrons. The summed E-state index contributed by atoms with van der Waals surface area (Å²) in [6.45, 7) is 8.76. The fraction of sp³-hybridized carbons (Fsp3) is 1.00. The summed E-state index contributed by atoms with van der Waals surface area (Å²) in [6.07, 6.45) is 1.30. The van der Waals surface area contributed by atoms with Gasteiger partial charge in [-0.15, -0.1) is 0 Å². The van der Waals surface area contributed by atoms with Crippen LogP contribution < -0.4 is 5.32 Å². The van der Waals surface area contributed by atoms with Gasteiger partial charge < -0.3 is 10.2 Å². The van der Waals surface area contributed by atoms with Crippen molar-refractivity contribution in [1.29, 1.82) is 0 Å². The largest absolute Gasteiger partial charge is 0.315 e. The number of hydrogen-bond acceptors (Lipinski definition) is 2. The predicted octanol–water partition coefficient (Wildman–Crippen LogP) is 1.57. The minimum Gasteiger partial charge on any atom is -0.315 e. The van der Waals surface area contributed by atoms with Gasteiger partial charge in [0.05, 0.1) is 0 Å². The lowest BCUT2D eigenvalue weighted by Gasteiger charge is -2.14. The van der Waals surface area contributed by atoms with Crippen molar-refractivity contribution >= 4 is 0 Å². The number of likely N-dealkylation sites (tertiary alicyclic amines) is 1. The van der Waals surface area contributed by atoms with Gasteiger partial charge in [-0.3, -0.25) is 0 Å². The summed E-state index contributed by atoms with van der Waals surface area (Å²) < 4.78 is 0. The Balaban J connectivity index is 0.000000561. The summed E-state index contributed by atoms with van der Waals surface area (Å²) >= 11 is 0. The van der Waals surface area contributed by atoms with Crippen LogP contribution >= 0.6 is 0 Å². The number of rotatable bonds is 2. The van der Waals surface area contributed by atoms with Crippen molar-refractivity contribution in [3.05, 3.63) is 0 Å². The van der Waals surface area contributed by atoms with Gasteiger partial charge in [0.2, 0.25) is 0 Å². The quantitative estimate of drug-likeness (QED) is 0.680. The molecule has 0 amide bonds. The van der Waals surface area contributed by atoms with E-state index < -0.39 is 0 Å². The molecular weight excluding hydrogens is 148 g/mol. The number of nitrogens with one attached hydrogen (secondary N) is 1. The second kappa shape index (κ2) is 6.44. The van der Waals surface area contributed by atoms with E-state index in [9.17, 15) is 0 Å². The highest BCUT2D eigenvalue weighted by molar-refractivity contribution is 4.85. The van der Waals surface area contributed by atoms with Crippen LogP contribution in [0.4, 0.5) is 0 Å². The highest BCUT2D eigenvalue weighted by atomic mass is 15.2. The van der Waals surface area contributed by atoms with Crippen LogP contribution in [0.2, 0.25) is 0 Å². The van der Waals surface area contributed by atoms with Crippen LogP contribution in [-0.4, -0.2) is 38.1 Å². The molecule has 2 unspecified atom stereocenters. The Bertz CT molecular complexity index is 92.0. The Morgan fingerprint density at radius 2 is 1.92 bits per heavy atom. The maximum atomic E-state index is 3.35. The van der Waals surface area contributed by atoms with Crippen molar-refractivity contribution in [2.45, 2.75) is 33.2 Å². The Morgan fingerprint density at radius 1 is 1.33 bits per heavy atom. The lowest BCUT2D eigenvalue weighted by molar-refractivity contribution is 0.392. The van der Waals surface area contributed by atoms with E-state index in [2.05, 4.69) is 31.2 Å². The van der Waals surface area contributed by atoms with E-state index in [4.69, 9.17) is 0 Å². The zero-order valence-electron chi connectivity index (χ0n) is 9.22. The first kappa shape index (κ1) is 11.9. The topological polar surface area (TPSA) is 15.3 Å². The summed E-state index contributed by atoms with van der Waals surface area (Å²) in [6, 6.07) is 0.731. The van der Waals surface area contributed by atoms with Gasteiger partial charge in [-0.05, 0) is 20.0 Å². The molecular formula is C10H24N2. The fourth-order valence-electron chi connectivity index (χ4n) is 1.83. The molecule has 1 fully saturated rings. The van der Waals surface area contributed by atoms with Gasteiger partial charge in [-0.25, -0.2) is 0 Å². The first-order chi connectivity index (χ1) is 5.77. The molecule has 1 aliphatic heterocycles. The van der Waals surface area contributed by atoms with Crippen molar-refractivity contribution in [2.24, 2.45) is 5.92 Å². The van der Waals surface area contributed by atoms with Gasteiger partial charge >= 0.3 is 0 Å². The average molecular weight is 172 g/mol. The fourth-order valence-corrected chi connectivity index (χ4v) is 1.83. The molecule has 74 valence electrons. The van der Waals surface area contributed by atoms with Gasteiger partial charge in [-0.1, -0.05) is 27.2 Å². The van der Waals surface area contributed by atoms with Gasteiger partial charge in [0, 0.05) is 19.1 Å². The standard InChI is InChI=1S/C8H18N2.C2H6/c1-4-7-5-10(3)6-8(7)9-2;1-2/h7-9H,4-6H2,1-3H3;1-2H3. The summed E-state index contributed by atoms with van der Waals surface area (Å²) in [7, 11) is 4.26. The van der Waals surface area contributed by atoms with Crippen LogP contribution in [-0.2, 0) is 0 Å². The molecule has 0 aliphatic carbocycles. The molecule has 0 saturated carbocycles. The molecule has 1 saturated heterocycles. The molecule has 1 aliphatic rings. The Morgan fingerprint density at radius 3 is 2.25 bits per heavy atom. The van der Waals surface area contributed by atoms with Crippen molar-refractivity contribution in [2.75, 3.05) is 27.2 Å². The van der Waals surface area contributed by atoms with E-state index in [1.807, 2.05) is 13.8 Å². The van der Waals surface area contributed by atoms with Crippen LogP contribution in [0.3, 0.4) is 0 Å².